The molecule has 0 saturated heterocycles. The Morgan fingerprint density at radius 3 is 2.33 bits per heavy atom. The van der Waals surface area contributed by atoms with Gasteiger partial charge in [-0.25, -0.2) is 4.39 Å². The van der Waals surface area contributed by atoms with Gasteiger partial charge in [0.1, 0.15) is 17.2 Å². The lowest BCUT2D eigenvalue weighted by Gasteiger charge is -2.54. The zero-order chi connectivity index (χ0) is 15.5. The highest BCUT2D eigenvalue weighted by atomic mass is 19.1. The van der Waals surface area contributed by atoms with Crippen LogP contribution in [0.3, 0.4) is 0 Å². The Morgan fingerprint density at radius 1 is 1.10 bits per heavy atom. The first-order valence-electron chi connectivity index (χ1n) is 7.84. The lowest BCUT2D eigenvalue weighted by Crippen LogP contribution is -2.52. The van der Waals surface area contributed by atoms with E-state index < -0.39 is 0 Å². The molecule has 21 heavy (non-hydrogen) atoms. The van der Waals surface area contributed by atoms with Crippen molar-refractivity contribution in [2.45, 2.75) is 65.0 Å². The van der Waals surface area contributed by atoms with E-state index in [2.05, 4.69) is 27.7 Å². The van der Waals surface area contributed by atoms with Gasteiger partial charge < -0.3 is 10.5 Å². The van der Waals surface area contributed by atoms with Crippen molar-refractivity contribution in [3.05, 3.63) is 29.6 Å². The van der Waals surface area contributed by atoms with Crippen LogP contribution in [0.4, 0.5) is 4.39 Å². The standard InChI is InChI=1S/C18H26FNO/c1-16(2)9-17(3,4)11-18(10-16)8-14(20)13-6-5-12(19)7-15(13)21-18/h5-7,14H,8-11,20H2,1-4H3/t14-/m1/s1. The second-order valence-electron chi connectivity index (χ2n) is 8.64. The predicted molar refractivity (Wildman–Crippen MR) is 82.7 cm³/mol. The van der Waals surface area contributed by atoms with E-state index in [4.69, 9.17) is 10.5 Å². The van der Waals surface area contributed by atoms with E-state index in [1.165, 1.54) is 18.6 Å². The van der Waals surface area contributed by atoms with Gasteiger partial charge >= 0.3 is 0 Å². The maximum Gasteiger partial charge on any atom is 0.127 e. The number of nitrogens with two attached hydrogens (primary N) is 1. The normalized spacial score (nSPS) is 28.8. The zero-order valence-corrected chi connectivity index (χ0v) is 13.5. The summed E-state index contributed by atoms with van der Waals surface area (Å²) in [6.07, 6.45) is 3.95. The highest BCUT2D eigenvalue weighted by molar-refractivity contribution is 5.39. The summed E-state index contributed by atoms with van der Waals surface area (Å²) in [7, 11) is 0. The van der Waals surface area contributed by atoms with E-state index in [0.29, 0.717) is 5.75 Å². The molecule has 1 spiro atoms. The van der Waals surface area contributed by atoms with Gasteiger partial charge in [-0.3, -0.25) is 0 Å². The molecule has 0 amide bonds. The van der Waals surface area contributed by atoms with Crippen LogP contribution in [0.25, 0.3) is 0 Å². The third kappa shape index (κ3) is 2.80. The quantitative estimate of drug-likeness (QED) is 0.759. The number of ether oxygens (including phenoxy) is 1. The Balaban J connectivity index is 2.00. The van der Waals surface area contributed by atoms with Crippen LogP contribution in [-0.2, 0) is 0 Å². The van der Waals surface area contributed by atoms with Gasteiger partial charge in [-0.1, -0.05) is 33.8 Å². The summed E-state index contributed by atoms with van der Waals surface area (Å²) in [5.74, 6) is 0.384. The van der Waals surface area contributed by atoms with Gasteiger partial charge in [0.15, 0.2) is 0 Å². The van der Waals surface area contributed by atoms with Crippen LogP contribution in [-0.4, -0.2) is 5.60 Å². The smallest absolute Gasteiger partial charge is 0.127 e. The minimum atomic E-state index is -0.258. The number of hydrogen-bond donors (Lipinski definition) is 1. The minimum absolute atomic E-state index is 0.0703. The molecule has 2 N–H and O–H groups in total. The van der Waals surface area contributed by atoms with Gasteiger partial charge in [-0.2, -0.15) is 0 Å². The van der Waals surface area contributed by atoms with Crippen LogP contribution in [0.1, 0.15) is 65.0 Å². The zero-order valence-electron chi connectivity index (χ0n) is 13.5. The summed E-state index contributed by atoms with van der Waals surface area (Å²) in [4.78, 5) is 0. The first-order chi connectivity index (χ1) is 9.60. The molecule has 116 valence electrons. The van der Waals surface area contributed by atoms with Gasteiger partial charge in [0.25, 0.3) is 0 Å². The first kappa shape index (κ1) is 14.8. The van der Waals surface area contributed by atoms with Crippen LogP contribution >= 0.6 is 0 Å². The fourth-order valence-electron chi connectivity index (χ4n) is 5.13. The van der Waals surface area contributed by atoms with Crippen LogP contribution in [0, 0.1) is 16.6 Å². The molecule has 1 heterocycles. The Morgan fingerprint density at radius 2 is 1.71 bits per heavy atom. The molecule has 1 atom stereocenters. The van der Waals surface area contributed by atoms with E-state index in [9.17, 15) is 4.39 Å². The Bertz CT molecular complexity index is 548. The minimum Gasteiger partial charge on any atom is -0.487 e. The number of rotatable bonds is 0. The molecule has 2 aliphatic rings. The maximum atomic E-state index is 13.6. The predicted octanol–water partition coefficient (Wildman–Crippen LogP) is 4.58. The van der Waals surface area contributed by atoms with Crippen molar-refractivity contribution in [1.29, 1.82) is 0 Å². The average molecular weight is 291 g/mol. The highest BCUT2D eigenvalue weighted by Crippen LogP contribution is 2.55. The molecule has 1 fully saturated rings. The lowest BCUT2D eigenvalue weighted by molar-refractivity contribution is -0.0840. The Labute approximate surface area is 126 Å². The molecule has 0 aromatic heterocycles. The summed E-state index contributed by atoms with van der Waals surface area (Å²) >= 11 is 0. The third-order valence-electron chi connectivity index (χ3n) is 4.85. The lowest BCUT2D eigenvalue weighted by atomic mass is 9.58. The molecule has 3 rings (SSSR count). The van der Waals surface area contributed by atoms with Crippen LogP contribution < -0.4 is 10.5 Å². The van der Waals surface area contributed by atoms with Crippen LogP contribution in [0.15, 0.2) is 18.2 Å². The van der Waals surface area contributed by atoms with Gasteiger partial charge in [0.2, 0.25) is 0 Å². The van der Waals surface area contributed by atoms with E-state index in [-0.39, 0.29) is 28.3 Å². The van der Waals surface area contributed by atoms with E-state index >= 15 is 0 Å². The fourth-order valence-corrected chi connectivity index (χ4v) is 5.13. The molecule has 1 saturated carbocycles. The monoisotopic (exact) mass is 291 g/mol. The van der Waals surface area contributed by atoms with Gasteiger partial charge in [0, 0.05) is 24.1 Å². The molecule has 1 aromatic carbocycles. The summed E-state index contributed by atoms with van der Waals surface area (Å²) < 4.78 is 19.9. The first-order valence-corrected chi connectivity index (χ1v) is 7.84. The molecular formula is C18H26FNO. The van der Waals surface area contributed by atoms with Crippen molar-refractivity contribution >= 4 is 0 Å². The maximum absolute atomic E-state index is 13.6. The van der Waals surface area contributed by atoms with Crippen molar-refractivity contribution in [3.8, 4) is 5.75 Å². The molecule has 3 heteroatoms. The van der Waals surface area contributed by atoms with Crippen molar-refractivity contribution in [1.82, 2.24) is 0 Å². The van der Waals surface area contributed by atoms with E-state index in [1.807, 2.05) is 0 Å². The van der Waals surface area contributed by atoms with Crippen LogP contribution in [0.5, 0.6) is 5.75 Å². The topological polar surface area (TPSA) is 35.2 Å². The fraction of sp³-hybridized carbons (Fsp3) is 0.667. The van der Waals surface area contributed by atoms with Crippen molar-refractivity contribution in [3.63, 3.8) is 0 Å². The Kier molecular flexibility index (Phi) is 3.14. The van der Waals surface area contributed by atoms with Gasteiger partial charge in [-0.15, -0.1) is 0 Å². The third-order valence-corrected chi connectivity index (χ3v) is 4.85. The molecule has 0 radical (unpaired) electrons. The van der Waals surface area contributed by atoms with Crippen molar-refractivity contribution in [2.75, 3.05) is 0 Å². The second-order valence-corrected chi connectivity index (χ2v) is 8.64. The molecule has 1 aliphatic heterocycles. The summed E-state index contributed by atoms with van der Waals surface area (Å²) in [5.41, 5.74) is 7.48. The van der Waals surface area contributed by atoms with Crippen molar-refractivity contribution in [2.24, 2.45) is 16.6 Å². The Hall–Kier alpha value is -1.09. The van der Waals surface area contributed by atoms with Gasteiger partial charge in [0.05, 0.1) is 0 Å². The summed E-state index contributed by atoms with van der Waals surface area (Å²) in [5, 5.41) is 0. The number of benzene rings is 1. The van der Waals surface area contributed by atoms with Crippen LogP contribution in [0.2, 0.25) is 0 Å². The molecule has 2 nitrogen and oxygen atoms in total. The number of fused-ring (bicyclic) bond motifs is 1. The van der Waals surface area contributed by atoms with E-state index in [0.717, 1.165) is 24.8 Å². The number of halogens is 1. The van der Waals surface area contributed by atoms with Gasteiger partial charge in [-0.05, 0) is 36.2 Å². The second kappa shape index (κ2) is 4.45. The molecule has 0 bridgehead atoms. The summed E-state index contributed by atoms with van der Waals surface area (Å²) in [6, 6.07) is 4.65. The SMILES string of the molecule is CC1(C)CC(C)(C)CC2(C[C@@H](N)c3ccc(F)cc3O2)C1. The highest BCUT2D eigenvalue weighted by Gasteiger charge is 2.51. The number of hydrogen-bond acceptors (Lipinski definition) is 2. The average Bonchev–Trinajstić information content (AvgIpc) is 2.22. The molecular weight excluding hydrogens is 265 g/mol. The summed E-state index contributed by atoms with van der Waals surface area (Å²) in [6.45, 7) is 9.19. The molecule has 1 aromatic rings. The molecule has 1 aliphatic carbocycles. The molecule has 0 unspecified atom stereocenters. The van der Waals surface area contributed by atoms with E-state index in [1.54, 1.807) is 6.07 Å². The largest absolute Gasteiger partial charge is 0.487 e. The van der Waals surface area contributed by atoms with Crippen molar-refractivity contribution < 1.29 is 9.13 Å².